The second-order valence-electron chi connectivity index (χ2n) is 19.1. The van der Waals surface area contributed by atoms with Crippen molar-refractivity contribution in [2.45, 2.75) is 46.2 Å². The average Bonchev–Trinajstić information content (AvgIpc) is 1.70. The molecule has 0 spiro atoms. The minimum absolute atomic E-state index is 0. The first-order chi connectivity index (χ1) is 40.5. The Hall–Kier alpha value is -8.40. The summed E-state index contributed by atoms with van der Waals surface area (Å²) in [5.74, 6) is 0. The quantitative estimate of drug-likeness (QED) is 0.0853. The molecule has 0 amide bonds. The molecule has 0 bridgehead atoms. The molecule has 9 aromatic carbocycles. The fourth-order valence-corrected chi connectivity index (χ4v) is 10.1. The number of aryl methyl sites for hydroxylation is 7. The van der Waals surface area contributed by atoms with E-state index in [1.807, 2.05) is 36.4 Å². The molecule has 0 fully saturated rings. The summed E-state index contributed by atoms with van der Waals surface area (Å²) >= 11 is 0. The third-order valence-electron chi connectivity index (χ3n) is 14.1. The summed E-state index contributed by atoms with van der Waals surface area (Å²) in [5, 5.41) is 4.57. The standard InChI is InChI=1S/C72H54N3.Ir/c1-48-37-38-73-72(39-48)57-25-21-52(22-26-57)16-18-54-40-53(17-15-51-19-23-56(24-20-51)70-35-13-49(2)46-74-70)41-63(42-54)64-11-7-8-12-67(64)68-34-31-62(71-36-14-50(3)47-75-71)45-69(68)61-30-33-66-60(44-61)28-27-59-43-58(29-32-65(59)66)55-9-5-4-6-10-55;/h4-14,19-23,25,27-30,32-47H,15-18H2,1-3H3;/q-3;+3/i1D3,2D3,3D3;. The summed E-state index contributed by atoms with van der Waals surface area (Å²) in [4.78, 5) is 13.5. The Labute approximate surface area is 473 Å². The van der Waals surface area contributed by atoms with Crippen molar-refractivity contribution >= 4 is 21.5 Å². The van der Waals surface area contributed by atoms with E-state index in [-0.39, 0.29) is 36.8 Å². The van der Waals surface area contributed by atoms with Crippen molar-refractivity contribution in [2.75, 3.05) is 0 Å². The first-order valence-electron chi connectivity index (χ1n) is 29.7. The van der Waals surface area contributed by atoms with Gasteiger partial charge in [-0.1, -0.05) is 175 Å². The van der Waals surface area contributed by atoms with E-state index in [1.54, 1.807) is 30.3 Å². The number of fused-ring (bicyclic) bond motifs is 3. The Kier molecular flexibility index (Phi) is 11.7. The zero-order valence-electron chi connectivity index (χ0n) is 50.4. The number of nitrogens with zero attached hydrogens (tertiary/aromatic N) is 3. The van der Waals surface area contributed by atoms with Crippen LogP contribution in [0.25, 0.3) is 99.8 Å². The van der Waals surface area contributed by atoms with Gasteiger partial charge in [-0.2, -0.15) is 0 Å². The average molecular weight is 1160 g/mol. The van der Waals surface area contributed by atoms with E-state index < -0.39 is 20.6 Å². The molecule has 0 atom stereocenters. The van der Waals surface area contributed by atoms with Crippen molar-refractivity contribution in [1.82, 2.24) is 15.0 Å². The molecule has 3 nitrogen and oxygen atoms in total. The number of benzene rings is 9. The first kappa shape index (κ1) is 40.0. The molecule has 76 heavy (non-hydrogen) atoms. The minimum atomic E-state index is -2.28. The van der Waals surface area contributed by atoms with Crippen molar-refractivity contribution in [2.24, 2.45) is 0 Å². The maximum Gasteiger partial charge on any atom is 3.00 e. The van der Waals surface area contributed by atoms with Crippen LogP contribution < -0.4 is 0 Å². The molecule has 0 saturated carbocycles. The molecule has 4 heteroatoms. The molecule has 366 valence electrons. The topological polar surface area (TPSA) is 38.7 Å². The van der Waals surface area contributed by atoms with E-state index in [9.17, 15) is 0 Å². The van der Waals surface area contributed by atoms with Gasteiger partial charge < -0.3 is 15.0 Å². The maximum absolute atomic E-state index is 7.99. The molecule has 0 unspecified atom stereocenters. The molecule has 0 saturated heterocycles. The molecular weight excluding hydrogens is 1100 g/mol. The van der Waals surface area contributed by atoms with E-state index in [1.165, 1.54) is 35.6 Å². The summed E-state index contributed by atoms with van der Waals surface area (Å²) in [6, 6.07) is 79.8. The fourth-order valence-electron chi connectivity index (χ4n) is 10.1. The summed E-state index contributed by atoms with van der Waals surface area (Å²) in [6.07, 6.45) is 7.32. The van der Waals surface area contributed by atoms with E-state index >= 15 is 0 Å². The number of hydrogen-bond acceptors (Lipinski definition) is 3. The zero-order valence-corrected chi connectivity index (χ0v) is 43.8. The molecule has 0 radical (unpaired) electrons. The van der Waals surface area contributed by atoms with Gasteiger partial charge in [0.05, 0.1) is 0 Å². The normalized spacial score (nSPS) is 13.4. The van der Waals surface area contributed by atoms with Crippen LogP contribution >= 0.6 is 0 Å². The largest absolute Gasteiger partial charge is 3.00 e. The van der Waals surface area contributed by atoms with Crippen LogP contribution in [-0.2, 0) is 45.8 Å². The summed E-state index contributed by atoms with van der Waals surface area (Å²) < 4.78 is 70.9. The van der Waals surface area contributed by atoms with Gasteiger partial charge in [-0.25, -0.2) is 0 Å². The fraction of sp³-hybridized carbons (Fsp3) is 0.0972. The molecule has 3 aromatic heterocycles. The summed E-state index contributed by atoms with van der Waals surface area (Å²) in [5.41, 5.74) is 17.6. The molecule has 0 aliphatic rings. The van der Waals surface area contributed by atoms with Crippen LogP contribution in [0, 0.1) is 38.8 Å². The minimum Gasteiger partial charge on any atom is -0.305 e. The van der Waals surface area contributed by atoms with Gasteiger partial charge in [0, 0.05) is 30.9 Å². The van der Waals surface area contributed by atoms with Gasteiger partial charge >= 0.3 is 20.1 Å². The predicted octanol–water partition coefficient (Wildman–Crippen LogP) is 17.7. The van der Waals surface area contributed by atoms with Crippen molar-refractivity contribution in [3.63, 3.8) is 0 Å². The van der Waals surface area contributed by atoms with Gasteiger partial charge in [0.1, 0.15) is 0 Å². The van der Waals surface area contributed by atoms with Crippen molar-refractivity contribution < 1.29 is 32.4 Å². The molecule has 3 heterocycles. The number of aromatic nitrogens is 3. The van der Waals surface area contributed by atoms with Gasteiger partial charge in [0.25, 0.3) is 0 Å². The van der Waals surface area contributed by atoms with Crippen LogP contribution in [0.5, 0.6) is 0 Å². The van der Waals surface area contributed by atoms with Crippen molar-refractivity contribution in [3.8, 4) is 78.3 Å². The zero-order chi connectivity index (χ0) is 58.2. The Morgan fingerprint density at radius 2 is 0.934 bits per heavy atom. The second kappa shape index (κ2) is 22.2. The van der Waals surface area contributed by atoms with Crippen molar-refractivity contribution in [1.29, 1.82) is 0 Å². The number of rotatable bonds is 13. The number of pyridine rings is 3. The molecule has 12 aromatic rings. The van der Waals surface area contributed by atoms with Crippen LogP contribution in [0.2, 0.25) is 0 Å². The van der Waals surface area contributed by atoms with E-state index in [0.29, 0.717) is 17.1 Å². The van der Waals surface area contributed by atoms with E-state index in [4.69, 9.17) is 12.3 Å². The molecule has 0 N–H and O–H groups in total. The molecule has 12 rings (SSSR count). The van der Waals surface area contributed by atoms with E-state index in [0.717, 1.165) is 120 Å². The van der Waals surface area contributed by atoms with Gasteiger partial charge in [0.2, 0.25) is 0 Å². The Morgan fingerprint density at radius 1 is 0.355 bits per heavy atom. The maximum atomic E-state index is 7.99. The third-order valence-corrected chi connectivity index (χ3v) is 14.1. The van der Waals surface area contributed by atoms with Crippen LogP contribution in [0.4, 0.5) is 0 Å². The first-order valence-corrected chi connectivity index (χ1v) is 25.2. The molecule has 0 aliphatic carbocycles. The van der Waals surface area contributed by atoms with Crippen LogP contribution in [-0.4, -0.2) is 15.0 Å². The van der Waals surface area contributed by atoms with Gasteiger partial charge in [-0.3, -0.25) is 0 Å². The van der Waals surface area contributed by atoms with Crippen LogP contribution in [0.1, 0.15) is 51.3 Å². The number of hydrogen-bond donors (Lipinski definition) is 0. The smallest absolute Gasteiger partial charge is 0.305 e. The van der Waals surface area contributed by atoms with Gasteiger partial charge in [-0.15, -0.1) is 94.5 Å². The summed E-state index contributed by atoms with van der Waals surface area (Å²) in [6.45, 7) is -6.75. The van der Waals surface area contributed by atoms with Crippen molar-refractivity contribution in [3.05, 3.63) is 282 Å². The second-order valence-corrected chi connectivity index (χ2v) is 19.1. The monoisotopic (exact) mass is 1160 g/mol. The van der Waals surface area contributed by atoms with Gasteiger partial charge in [-0.05, 0) is 140 Å². The van der Waals surface area contributed by atoms with E-state index in [2.05, 4.69) is 167 Å². The third kappa shape index (κ3) is 10.9. The van der Waals surface area contributed by atoms with Gasteiger partial charge in [0.15, 0.2) is 0 Å². The SMILES string of the molecule is [2H]C([2H])([2H])c1ccc(-c2[c-]cc(CCc3cc(CCc4c[c-]c(-c5cc(C([2H])([2H])[2H])ccn5)cc4)cc(-c4ccccc4-c4c[c-]c(-c5ccc(C([2H])([2H])[2H])cn5)cc4-c4ccc5c(ccc6cc(-c7ccccc7)ccc65)c4)c3)cc2)nc1.[Ir+3]. The van der Waals surface area contributed by atoms with Crippen LogP contribution in [0.3, 0.4) is 0 Å². The Bertz CT molecular complexity index is 4350. The summed E-state index contributed by atoms with van der Waals surface area (Å²) in [7, 11) is 0. The Morgan fingerprint density at radius 3 is 1.55 bits per heavy atom. The predicted molar refractivity (Wildman–Crippen MR) is 311 cm³/mol. The molecular formula is C72H54IrN3. The van der Waals surface area contributed by atoms with Crippen LogP contribution in [0.15, 0.2) is 225 Å². The Balaban J connectivity index is 0.00000752. The molecule has 0 aliphatic heterocycles.